The number of nitro benzene ring substituents is 1. The van der Waals surface area contributed by atoms with E-state index in [1.807, 2.05) is 42.5 Å². The van der Waals surface area contributed by atoms with Gasteiger partial charge in [-0.15, -0.1) is 0 Å². The van der Waals surface area contributed by atoms with E-state index in [4.69, 9.17) is 9.47 Å². The number of rotatable bonds is 7. The van der Waals surface area contributed by atoms with Crippen LogP contribution >= 0.6 is 0 Å². The number of aromatic amines is 1. The fourth-order valence-electron chi connectivity index (χ4n) is 3.30. The lowest BCUT2D eigenvalue weighted by Gasteiger charge is -2.26. The third kappa shape index (κ3) is 4.61. The Morgan fingerprint density at radius 2 is 2.03 bits per heavy atom. The second-order valence-corrected chi connectivity index (χ2v) is 6.77. The summed E-state index contributed by atoms with van der Waals surface area (Å²) in [4.78, 5) is 13.3. The summed E-state index contributed by atoms with van der Waals surface area (Å²) in [5.74, 6) is 0.283. The molecule has 29 heavy (non-hydrogen) atoms. The SMILES string of the molecule is O=[N+]([O-])c1cc(/C=C/c2n[nH]c3ccccc23)ccc1OCCN1CCOCC1. The average Bonchev–Trinajstić information content (AvgIpc) is 3.16. The summed E-state index contributed by atoms with van der Waals surface area (Å²) in [5.41, 5.74) is 2.40. The van der Waals surface area contributed by atoms with Gasteiger partial charge in [-0.3, -0.25) is 20.1 Å². The standard InChI is InChI=1S/C21H22N4O4/c26-25(27)20-15-16(5-7-19-17-3-1-2-4-18(17)22-23-19)6-8-21(20)29-14-11-24-9-12-28-13-10-24/h1-8,15H,9-14H2,(H,22,23)/b7-5+. The number of nitrogens with zero attached hydrogens (tertiary/aromatic N) is 3. The normalized spacial score (nSPS) is 15.2. The molecular weight excluding hydrogens is 372 g/mol. The maximum atomic E-state index is 11.5. The van der Waals surface area contributed by atoms with Gasteiger partial charge < -0.3 is 9.47 Å². The van der Waals surface area contributed by atoms with Crippen molar-refractivity contribution in [2.24, 2.45) is 0 Å². The molecule has 0 radical (unpaired) electrons. The fourth-order valence-corrected chi connectivity index (χ4v) is 3.30. The number of morpholine rings is 1. The van der Waals surface area contributed by atoms with Crippen molar-refractivity contribution in [2.45, 2.75) is 0 Å². The van der Waals surface area contributed by atoms with Crippen molar-refractivity contribution < 1.29 is 14.4 Å². The molecular formula is C21H22N4O4. The molecule has 2 aromatic carbocycles. The number of hydrogen-bond acceptors (Lipinski definition) is 6. The lowest BCUT2D eigenvalue weighted by Crippen LogP contribution is -2.38. The number of nitrogens with one attached hydrogen (secondary N) is 1. The van der Waals surface area contributed by atoms with Gasteiger partial charge in [0.25, 0.3) is 0 Å². The number of nitro groups is 1. The van der Waals surface area contributed by atoms with Gasteiger partial charge in [0.2, 0.25) is 0 Å². The molecule has 1 saturated heterocycles. The molecule has 4 rings (SSSR count). The molecule has 8 heteroatoms. The number of benzene rings is 2. The Kier molecular flexibility index (Phi) is 5.83. The third-order valence-electron chi connectivity index (χ3n) is 4.88. The number of H-pyrrole nitrogens is 1. The highest BCUT2D eigenvalue weighted by atomic mass is 16.6. The van der Waals surface area contributed by atoms with Crippen LogP contribution in [-0.4, -0.2) is 59.5 Å². The fraction of sp³-hybridized carbons (Fsp3) is 0.286. The summed E-state index contributed by atoms with van der Waals surface area (Å²) in [6.45, 7) is 4.26. The van der Waals surface area contributed by atoms with Crippen molar-refractivity contribution in [1.82, 2.24) is 15.1 Å². The van der Waals surface area contributed by atoms with Crippen LogP contribution in [0.4, 0.5) is 5.69 Å². The van der Waals surface area contributed by atoms with Crippen LogP contribution in [-0.2, 0) is 4.74 Å². The molecule has 0 saturated carbocycles. The zero-order chi connectivity index (χ0) is 20.1. The summed E-state index contributed by atoms with van der Waals surface area (Å²) in [6, 6.07) is 12.8. The van der Waals surface area contributed by atoms with Crippen molar-refractivity contribution in [2.75, 3.05) is 39.5 Å². The van der Waals surface area contributed by atoms with Crippen LogP contribution in [0.25, 0.3) is 23.1 Å². The van der Waals surface area contributed by atoms with Crippen molar-refractivity contribution in [3.8, 4) is 5.75 Å². The molecule has 1 aliphatic rings. The van der Waals surface area contributed by atoms with Gasteiger partial charge in [0.1, 0.15) is 6.61 Å². The quantitative estimate of drug-likeness (QED) is 0.488. The average molecular weight is 394 g/mol. The molecule has 0 unspecified atom stereocenters. The first kappa shape index (κ1) is 19.1. The topological polar surface area (TPSA) is 93.5 Å². The number of hydrogen-bond donors (Lipinski definition) is 1. The zero-order valence-corrected chi connectivity index (χ0v) is 15.9. The molecule has 1 aliphatic heterocycles. The minimum Gasteiger partial charge on any atom is -0.485 e. The van der Waals surface area contributed by atoms with Crippen LogP contribution in [0.2, 0.25) is 0 Å². The van der Waals surface area contributed by atoms with Crippen LogP contribution in [0.15, 0.2) is 42.5 Å². The Morgan fingerprint density at radius 3 is 2.86 bits per heavy atom. The Balaban J connectivity index is 1.46. The van der Waals surface area contributed by atoms with Crippen molar-refractivity contribution >= 4 is 28.7 Å². The Bertz CT molecular complexity index is 1020. The van der Waals surface area contributed by atoms with Gasteiger partial charge in [0.05, 0.1) is 29.3 Å². The van der Waals surface area contributed by atoms with Gasteiger partial charge in [-0.1, -0.05) is 30.3 Å². The first-order valence-electron chi connectivity index (χ1n) is 9.53. The van der Waals surface area contributed by atoms with E-state index in [0.717, 1.165) is 29.7 Å². The Morgan fingerprint density at radius 1 is 1.21 bits per heavy atom. The molecule has 2 heterocycles. The molecule has 3 aromatic rings. The molecule has 1 fully saturated rings. The summed E-state index contributed by atoms with van der Waals surface area (Å²) in [5, 5.41) is 19.8. The van der Waals surface area contributed by atoms with Gasteiger partial charge in [-0.25, -0.2) is 0 Å². The van der Waals surface area contributed by atoms with Crippen LogP contribution in [0.5, 0.6) is 5.75 Å². The minimum absolute atomic E-state index is 0.0407. The van der Waals surface area contributed by atoms with Crippen molar-refractivity contribution in [3.63, 3.8) is 0 Å². The highest BCUT2D eigenvalue weighted by Crippen LogP contribution is 2.29. The minimum atomic E-state index is -0.411. The first-order chi connectivity index (χ1) is 14.2. The summed E-state index contributed by atoms with van der Waals surface area (Å²) < 4.78 is 11.0. The zero-order valence-electron chi connectivity index (χ0n) is 15.9. The molecule has 0 atom stereocenters. The van der Waals surface area contributed by atoms with E-state index in [2.05, 4.69) is 15.1 Å². The maximum absolute atomic E-state index is 11.5. The second kappa shape index (κ2) is 8.85. The van der Waals surface area contributed by atoms with Gasteiger partial charge >= 0.3 is 5.69 Å². The van der Waals surface area contributed by atoms with E-state index >= 15 is 0 Å². The molecule has 150 valence electrons. The molecule has 1 aromatic heterocycles. The lowest BCUT2D eigenvalue weighted by molar-refractivity contribution is -0.385. The predicted octanol–water partition coefficient (Wildman–Crippen LogP) is 3.35. The third-order valence-corrected chi connectivity index (χ3v) is 4.88. The van der Waals surface area contributed by atoms with E-state index in [1.54, 1.807) is 6.07 Å². The maximum Gasteiger partial charge on any atom is 0.311 e. The number of para-hydroxylation sites is 1. The van der Waals surface area contributed by atoms with E-state index in [0.29, 0.717) is 31.9 Å². The first-order valence-corrected chi connectivity index (χ1v) is 9.53. The highest BCUT2D eigenvalue weighted by molar-refractivity contribution is 5.89. The summed E-state index contributed by atoms with van der Waals surface area (Å²) in [7, 11) is 0. The van der Waals surface area contributed by atoms with Gasteiger partial charge in [0.15, 0.2) is 5.75 Å². The largest absolute Gasteiger partial charge is 0.485 e. The van der Waals surface area contributed by atoms with E-state index in [9.17, 15) is 10.1 Å². The van der Waals surface area contributed by atoms with Gasteiger partial charge in [-0.05, 0) is 23.8 Å². The van der Waals surface area contributed by atoms with E-state index in [-0.39, 0.29) is 11.4 Å². The van der Waals surface area contributed by atoms with Crippen molar-refractivity contribution in [3.05, 3.63) is 63.8 Å². The number of aromatic nitrogens is 2. The highest BCUT2D eigenvalue weighted by Gasteiger charge is 2.16. The van der Waals surface area contributed by atoms with Crippen LogP contribution in [0, 0.1) is 10.1 Å². The molecule has 0 bridgehead atoms. The lowest BCUT2D eigenvalue weighted by atomic mass is 10.1. The van der Waals surface area contributed by atoms with E-state index < -0.39 is 4.92 Å². The number of fused-ring (bicyclic) bond motifs is 1. The van der Waals surface area contributed by atoms with Crippen LogP contribution in [0.1, 0.15) is 11.3 Å². The summed E-state index contributed by atoms with van der Waals surface area (Å²) in [6.07, 6.45) is 3.66. The summed E-state index contributed by atoms with van der Waals surface area (Å²) >= 11 is 0. The van der Waals surface area contributed by atoms with Crippen LogP contribution < -0.4 is 4.74 Å². The Hall–Kier alpha value is -3.23. The van der Waals surface area contributed by atoms with Gasteiger partial charge in [-0.2, -0.15) is 5.10 Å². The monoisotopic (exact) mass is 394 g/mol. The smallest absolute Gasteiger partial charge is 0.311 e. The van der Waals surface area contributed by atoms with E-state index in [1.165, 1.54) is 6.07 Å². The predicted molar refractivity (Wildman–Crippen MR) is 111 cm³/mol. The Labute approximate surface area is 167 Å². The molecule has 0 spiro atoms. The van der Waals surface area contributed by atoms with Gasteiger partial charge in [0, 0.05) is 31.1 Å². The molecule has 1 N–H and O–H groups in total. The molecule has 0 aliphatic carbocycles. The van der Waals surface area contributed by atoms with Crippen molar-refractivity contribution in [1.29, 1.82) is 0 Å². The molecule has 0 amide bonds. The second-order valence-electron chi connectivity index (χ2n) is 6.77. The number of ether oxygens (including phenoxy) is 2. The van der Waals surface area contributed by atoms with Crippen LogP contribution in [0.3, 0.4) is 0 Å². The molecule has 8 nitrogen and oxygen atoms in total.